The Morgan fingerprint density at radius 3 is 2.16 bits per heavy atom. The minimum Gasteiger partial charge on any atom is -0.486 e. The Morgan fingerprint density at radius 1 is 0.871 bits per heavy atom. The Bertz CT molecular complexity index is 670. The van der Waals surface area contributed by atoms with E-state index in [1.165, 1.54) is 70.3 Å². The normalized spacial score (nSPS) is 26.5. The van der Waals surface area contributed by atoms with Crippen molar-refractivity contribution >= 4 is 0 Å². The van der Waals surface area contributed by atoms with Gasteiger partial charge in [0.2, 0.25) is 5.82 Å². The van der Waals surface area contributed by atoms with Gasteiger partial charge in [-0.2, -0.15) is 4.39 Å². The molecular weight excluding hydrogens is 390 g/mol. The highest BCUT2D eigenvalue weighted by Crippen LogP contribution is 2.45. The van der Waals surface area contributed by atoms with Crippen molar-refractivity contribution in [2.24, 2.45) is 17.8 Å². The van der Waals surface area contributed by atoms with Gasteiger partial charge in [0.05, 0.1) is 0 Å². The molecule has 0 radical (unpaired) electrons. The Hall–Kier alpha value is -1.38. The summed E-state index contributed by atoms with van der Waals surface area (Å²) < 4.78 is 34.2. The van der Waals surface area contributed by atoms with Gasteiger partial charge in [0.25, 0.3) is 0 Å². The van der Waals surface area contributed by atoms with Crippen LogP contribution in [0.5, 0.6) is 5.75 Å². The van der Waals surface area contributed by atoms with Crippen LogP contribution in [-0.2, 0) is 0 Å². The molecule has 0 atom stereocenters. The predicted molar refractivity (Wildman–Crippen MR) is 126 cm³/mol. The van der Waals surface area contributed by atoms with Crippen molar-refractivity contribution in [1.82, 2.24) is 0 Å². The Kier molecular flexibility index (Phi) is 9.87. The second kappa shape index (κ2) is 12.6. The monoisotopic (exact) mass is 432 g/mol. The van der Waals surface area contributed by atoms with Crippen LogP contribution in [0.4, 0.5) is 8.78 Å². The fraction of sp³-hybridized carbons (Fsp3) is 0.714. The quantitative estimate of drug-likeness (QED) is 0.250. The van der Waals surface area contributed by atoms with Crippen molar-refractivity contribution in [3.8, 4) is 5.75 Å². The smallest absolute Gasteiger partial charge is 0.200 e. The maximum atomic E-state index is 14.7. The van der Waals surface area contributed by atoms with Crippen LogP contribution in [0, 0.1) is 29.4 Å². The molecule has 2 saturated carbocycles. The summed E-state index contributed by atoms with van der Waals surface area (Å²) in [6.07, 6.45) is 19.8. The van der Waals surface area contributed by atoms with E-state index in [9.17, 15) is 8.78 Å². The minimum absolute atomic E-state index is 0.0167. The lowest BCUT2D eigenvalue weighted by Gasteiger charge is -2.38. The fourth-order valence-electron chi connectivity index (χ4n) is 6.01. The van der Waals surface area contributed by atoms with E-state index in [0.717, 1.165) is 43.4 Å². The first-order valence-corrected chi connectivity index (χ1v) is 12.9. The molecule has 1 aromatic rings. The Morgan fingerprint density at radius 2 is 1.52 bits per heavy atom. The zero-order chi connectivity index (χ0) is 22.1. The van der Waals surface area contributed by atoms with E-state index in [1.807, 2.05) is 0 Å². The summed E-state index contributed by atoms with van der Waals surface area (Å²) >= 11 is 0. The van der Waals surface area contributed by atoms with Gasteiger partial charge in [-0.05, 0) is 73.8 Å². The molecule has 31 heavy (non-hydrogen) atoms. The van der Waals surface area contributed by atoms with Crippen LogP contribution in [0.1, 0.15) is 108 Å². The molecular formula is C28H42F2O. The topological polar surface area (TPSA) is 9.23 Å². The molecule has 0 amide bonds. The van der Waals surface area contributed by atoms with Crippen molar-refractivity contribution < 1.29 is 13.5 Å². The molecule has 0 aromatic heterocycles. The molecule has 2 aliphatic carbocycles. The van der Waals surface area contributed by atoms with Crippen molar-refractivity contribution in [2.45, 2.75) is 103 Å². The summed E-state index contributed by atoms with van der Waals surface area (Å²) in [4.78, 5) is 0. The van der Waals surface area contributed by atoms with Gasteiger partial charge in [0.15, 0.2) is 11.6 Å². The van der Waals surface area contributed by atoms with Gasteiger partial charge in [-0.3, -0.25) is 0 Å². The first-order chi connectivity index (χ1) is 15.1. The van der Waals surface area contributed by atoms with Gasteiger partial charge in [-0.1, -0.05) is 77.0 Å². The summed E-state index contributed by atoms with van der Waals surface area (Å²) in [6, 6.07) is 3.31. The molecule has 0 saturated heterocycles. The second-order valence-electron chi connectivity index (χ2n) is 9.98. The summed E-state index contributed by atoms with van der Waals surface area (Å²) in [7, 11) is 0. The van der Waals surface area contributed by atoms with Gasteiger partial charge < -0.3 is 4.74 Å². The number of unbranched alkanes of at least 4 members (excludes halogenated alkanes) is 4. The molecule has 3 heteroatoms. The van der Waals surface area contributed by atoms with E-state index in [0.29, 0.717) is 5.56 Å². The molecule has 1 nitrogen and oxygen atoms in total. The highest BCUT2D eigenvalue weighted by atomic mass is 19.2. The molecule has 2 fully saturated rings. The maximum Gasteiger partial charge on any atom is 0.200 e. The molecule has 0 aliphatic heterocycles. The number of hydrogen-bond donors (Lipinski definition) is 0. The lowest BCUT2D eigenvalue weighted by molar-refractivity contribution is 0.155. The average molecular weight is 433 g/mol. The van der Waals surface area contributed by atoms with Crippen LogP contribution in [0.15, 0.2) is 24.8 Å². The first-order valence-electron chi connectivity index (χ1n) is 12.9. The molecule has 174 valence electrons. The van der Waals surface area contributed by atoms with Crippen LogP contribution >= 0.6 is 0 Å². The van der Waals surface area contributed by atoms with Crippen LogP contribution in [0.2, 0.25) is 0 Å². The van der Waals surface area contributed by atoms with Crippen molar-refractivity contribution in [2.75, 3.05) is 6.61 Å². The van der Waals surface area contributed by atoms with E-state index in [-0.39, 0.29) is 18.3 Å². The molecule has 0 heterocycles. The number of hydrogen-bond acceptors (Lipinski definition) is 1. The molecule has 2 aliphatic rings. The zero-order valence-corrected chi connectivity index (χ0v) is 19.5. The summed E-state index contributed by atoms with van der Waals surface area (Å²) in [5.74, 6) is 1.14. The van der Waals surface area contributed by atoms with Gasteiger partial charge >= 0.3 is 0 Å². The first kappa shape index (κ1) is 24.3. The van der Waals surface area contributed by atoms with E-state index in [2.05, 4.69) is 13.5 Å². The molecule has 0 unspecified atom stereocenters. The molecule has 3 rings (SSSR count). The third-order valence-corrected chi connectivity index (χ3v) is 7.92. The number of halogens is 2. The number of benzene rings is 1. The van der Waals surface area contributed by atoms with E-state index in [1.54, 1.807) is 12.1 Å². The largest absolute Gasteiger partial charge is 0.486 e. The van der Waals surface area contributed by atoms with Crippen LogP contribution < -0.4 is 4.74 Å². The molecule has 1 aromatic carbocycles. The van der Waals surface area contributed by atoms with Gasteiger partial charge in [0.1, 0.15) is 6.61 Å². The number of rotatable bonds is 11. The lowest BCUT2D eigenvalue weighted by Crippen LogP contribution is -2.25. The van der Waals surface area contributed by atoms with Gasteiger partial charge in [0, 0.05) is 0 Å². The van der Waals surface area contributed by atoms with Crippen LogP contribution in [-0.4, -0.2) is 6.61 Å². The van der Waals surface area contributed by atoms with E-state index < -0.39 is 11.6 Å². The predicted octanol–water partition coefficient (Wildman–Crippen LogP) is 8.97. The highest BCUT2D eigenvalue weighted by Gasteiger charge is 2.32. The van der Waals surface area contributed by atoms with Gasteiger partial charge in [-0.15, -0.1) is 0 Å². The zero-order valence-electron chi connectivity index (χ0n) is 19.5. The lowest BCUT2D eigenvalue weighted by atomic mass is 9.68. The maximum absolute atomic E-state index is 14.7. The fourth-order valence-corrected chi connectivity index (χ4v) is 6.01. The SMILES string of the molecule is C=CCOc1ccc(C2CCC(C3CCC(CCCCCCC)CC3)CC2)c(F)c1F. The van der Waals surface area contributed by atoms with E-state index in [4.69, 9.17) is 4.74 Å². The van der Waals surface area contributed by atoms with Crippen molar-refractivity contribution in [1.29, 1.82) is 0 Å². The minimum atomic E-state index is -0.852. The summed E-state index contributed by atoms with van der Waals surface area (Å²) in [5.41, 5.74) is 0.536. The van der Waals surface area contributed by atoms with Crippen LogP contribution in [0.25, 0.3) is 0 Å². The second-order valence-corrected chi connectivity index (χ2v) is 9.98. The highest BCUT2D eigenvalue weighted by molar-refractivity contribution is 5.33. The third-order valence-electron chi connectivity index (χ3n) is 7.92. The van der Waals surface area contributed by atoms with Crippen LogP contribution in [0.3, 0.4) is 0 Å². The van der Waals surface area contributed by atoms with Crippen molar-refractivity contribution in [3.05, 3.63) is 42.0 Å². The Labute approximate surface area is 188 Å². The Balaban J connectivity index is 1.42. The average Bonchev–Trinajstić information content (AvgIpc) is 2.80. The molecule has 0 bridgehead atoms. The molecule has 0 N–H and O–H groups in total. The summed E-state index contributed by atoms with van der Waals surface area (Å²) in [6.45, 7) is 6.01. The standard InChI is InChI=1S/C28H42F2O/c1-3-5-6-7-8-9-21-10-12-22(13-11-21)23-14-16-24(17-15-23)25-18-19-26(31-20-4-2)28(30)27(25)29/h4,18-19,21-24H,2-3,5-17,20H2,1H3. The molecule has 0 spiro atoms. The number of ether oxygens (including phenoxy) is 1. The third kappa shape index (κ3) is 6.80. The summed E-state index contributed by atoms with van der Waals surface area (Å²) in [5, 5.41) is 0. The van der Waals surface area contributed by atoms with E-state index >= 15 is 0 Å². The van der Waals surface area contributed by atoms with Crippen molar-refractivity contribution in [3.63, 3.8) is 0 Å². The van der Waals surface area contributed by atoms with Gasteiger partial charge in [-0.25, -0.2) is 4.39 Å².